The fourth-order valence-corrected chi connectivity index (χ4v) is 1.40. The molecule has 5 nitrogen and oxygen atoms in total. The van der Waals surface area contributed by atoms with Crippen molar-refractivity contribution in [3.63, 3.8) is 0 Å². The van der Waals surface area contributed by atoms with Crippen molar-refractivity contribution in [3.05, 3.63) is 29.3 Å². The van der Waals surface area contributed by atoms with E-state index in [1.807, 2.05) is 13.8 Å². The molecule has 0 radical (unpaired) electrons. The third-order valence-electron chi connectivity index (χ3n) is 2.37. The van der Waals surface area contributed by atoms with Crippen LogP contribution >= 0.6 is 0 Å². The highest BCUT2D eigenvalue weighted by molar-refractivity contribution is 5.93. The van der Waals surface area contributed by atoms with Crippen LogP contribution in [0.5, 0.6) is 0 Å². The molecule has 1 amide bonds. The first kappa shape index (κ1) is 14.5. The molecule has 0 unspecified atom stereocenters. The lowest BCUT2D eigenvalue weighted by atomic mass is 10.1. The molecule has 0 bridgehead atoms. The lowest BCUT2D eigenvalue weighted by molar-refractivity contribution is 0.0144. The van der Waals surface area contributed by atoms with Crippen molar-refractivity contribution >= 4 is 11.6 Å². The number of carbonyl (C=O) groups excluding carboxylic acids is 1. The van der Waals surface area contributed by atoms with E-state index in [4.69, 9.17) is 20.9 Å². The van der Waals surface area contributed by atoms with Crippen LogP contribution in [0.2, 0.25) is 0 Å². The van der Waals surface area contributed by atoms with Crippen LogP contribution < -0.4 is 11.5 Å². The minimum Gasteiger partial charge on any atom is -0.398 e. The molecule has 1 aromatic carbocycles. The Balaban J connectivity index is 2.41. The van der Waals surface area contributed by atoms with Gasteiger partial charge in [0.05, 0.1) is 25.9 Å². The fourth-order valence-electron chi connectivity index (χ4n) is 1.40. The van der Waals surface area contributed by atoms with E-state index in [1.165, 1.54) is 0 Å². The van der Waals surface area contributed by atoms with E-state index in [2.05, 4.69) is 0 Å². The van der Waals surface area contributed by atoms with Crippen LogP contribution in [-0.2, 0) is 16.1 Å². The second-order valence-electron chi connectivity index (χ2n) is 4.25. The van der Waals surface area contributed by atoms with Gasteiger partial charge in [-0.3, -0.25) is 4.79 Å². The molecule has 0 aliphatic heterocycles. The van der Waals surface area contributed by atoms with Gasteiger partial charge in [-0.15, -0.1) is 0 Å². The van der Waals surface area contributed by atoms with Crippen molar-refractivity contribution in [3.8, 4) is 0 Å². The van der Waals surface area contributed by atoms with Crippen molar-refractivity contribution in [1.82, 2.24) is 0 Å². The van der Waals surface area contributed by atoms with Gasteiger partial charge < -0.3 is 20.9 Å². The first-order valence-electron chi connectivity index (χ1n) is 5.88. The molecule has 0 saturated heterocycles. The van der Waals surface area contributed by atoms with E-state index in [-0.39, 0.29) is 6.10 Å². The maximum absolute atomic E-state index is 10.9. The molecule has 1 aromatic rings. The zero-order valence-corrected chi connectivity index (χ0v) is 10.8. The number of primary amides is 1. The number of hydrogen-bond donors (Lipinski definition) is 2. The zero-order chi connectivity index (χ0) is 13.5. The lowest BCUT2D eigenvalue weighted by Gasteiger charge is -2.10. The van der Waals surface area contributed by atoms with Crippen molar-refractivity contribution in [2.75, 3.05) is 18.9 Å². The average Bonchev–Trinajstić information content (AvgIpc) is 2.29. The molecular weight excluding hydrogens is 232 g/mol. The van der Waals surface area contributed by atoms with Crippen LogP contribution in [0, 0.1) is 0 Å². The Bertz CT molecular complexity index is 405. The normalized spacial score (nSPS) is 10.8. The summed E-state index contributed by atoms with van der Waals surface area (Å²) in [4.78, 5) is 10.9. The van der Waals surface area contributed by atoms with E-state index in [0.717, 1.165) is 5.56 Å². The second-order valence-corrected chi connectivity index (χ2v) is 4.25. The Hall–Kier alpha value is -1.59. The van der Waals surface area contributed by atoms with Crippen LogP contribution in [0.4, 0.5) is 5.69 Å². The highest BCUT2D eigenvalue weighted by atomic mass is 16.5. The van der Waals surface area contributed by atoms with Gasteiger partial charge in [-0.25, -0.2) is 0 Å². The summed E-state index contributed by atoms with van der Waals surface area (Å²) >= 11 is 0. The van der Waals surface area contributed by atoms with Crippen LogP contribution in [0.1, 0.15) is 29.8 Å². The molecule has 0 fully saturated rings. The van der Waals surface area contributed by atoms with E-state index >= 15 is 0 Å². The number of carbonyl (C=O) groups is 1. The van der Waals surface area contributed by atoms with Gasteiger partial charge in [-0.05, 0) is 26.0 Å². The van der Waals surface area contributed by atoms with E-state index < -0.39 is 5.91 Å². The standard InChI is InChI=1S/C13H20N2O3/c1-9(2)18-6-5-17-8-11-4-3-10(13(15)16)7-12(11)14/h3-4,7,9H,5-6,8,14H2,1-2H3,(H2,15,16). The summed E-state index contributed by atoms with van der Waals surface area (Å²) in [7, 11) is 0. The Kier molecular flexibility index (Phi) is 5.61. The second kappa shape index (κ2) is 6.98. The van der Waals surface area contributed by atoms with Gasteiger partial charge in [0.15, 0.2) is 0 Å². The largest absolute Gasteiger partial charge is 0.398 e. The summed E-state index contributed by atoms with van der Waals surface area (Å²) in [5.74, 6) is -0.487. The number of nitrogens with two attached hydrogens (primary N) is 2. The number of anilines is 1. The van der Waals surface area contributed by atoms with Crippen LogP contribution in [0.25, 0.3) is 0 Å². The SMILES string of the molecule is CC(C)OCCOCc1ccc(C(N)=O)cc1N. The maximum Gasteiger partial charge on any atom is 0.248 e. The topological polar surface area (TPSA) is 87.6 Å². The van der Waals surface area contributed by atoms with Crippen molar-refractivity contribution in [1.29, 1.82) is 0 Å². The first-order valence-corrected chi connectivity index (χ1v) is 5.88. The van der Waals surface area contributed by atoms with Gasteiger partial charge in [-0.2, -0.15) is 0 Å². The molecule has 0 saturated carbocycles. The van der Waals surface area contributed by atoms with Crippen molar-refractivity contribution in [2.24, 2.45) is 5.73 Å². The molecule has 5 heteroatoms. The van der Waals surface area contributed by atoms with Crippen molar-refractivity contribution in [2.45, 2.75) is 26.6 Å². The number of ether oxygens (including phenoxy) is 2. The van der Waals surface area contributed by atoms with Gasteiger partial charge in [0.25, 0.3) is 0 Å². The van der Waals surface area contributed by atoms with Gasteiger partial charge in [0.1, 0.15) is 0 Å². The third-order valence-corrected chi connectivity index (χ3v) is 2.37. The third kappa shape index (κ3) is 4.73. The predicted molar refractivity (Wildman–Crippen MR) is 70.1 cm³/mol. The molecule has 0 atom stereocenters. The molecule has 0 aliphatic carbocycles. The summed E-state index contributed by atoms with van der Waals surface area (Å²) in [5.41, 5.74) is 12.7. The monoisotopic (exact) mass is 252 g/mol. The average molecular weight is 252 g/mol. The van der Waals surface area contributed by atoms with Gasteiger partial charge in [0.2, 0.25) is 5.91 Å². The summed E-state index contributed by atoms with van der Waals surface area (Å²) in [5, 5.41) is 0. The predicted octanol–water partition coefficient (Wildman–Crippen LogP) is 1.31. The highest BCUT2D eigenvalue weighted by Gasteiger charge is 2.05. The molecule has 0 heterocycles. The van der Waals surface area contributed by atoms with E-state index in [1.54, 1.807) is 18.2 Å². The summed E-state index contributed by atoms with van der Waals surface area (Å²) in [6.07, 6.45) is 0.202. The lowest BCUT2D eigenvalue weighted by Crippen LogP contribution is -2.12. The smallest absolute Gasteiger partial charge is 0.248 e. The number of hydrogen-bond acceptors (Lipinski definition) is 4. The number of amides is 1. The first-order chi connectivity index (χ1) is 8.50. The number of nitrogen functional groups attached to an aromatic ring is 1. The fraction of sp³-hybridized carbons (Fsp3) is 0.462. The molecule has 0 aromatic heterocycles. The maximum atomic E-state index is 10.9. The number of benzene rings is 1. The van der Waals surface area contributed by atoms with Gasteiger partial charge in [-0.1, -0.05) is 6.07 Å². The summed E-state index contributed by atoms with van der Waals surface area (Å²) < 4.78 is 10.8. The minimum atomic E-state index is -0.487. The zero-order valence-electron chi connectivity index (χ0n) is 10.8. The van der Waals surface area contributed by atoms with Crippen LogP contribution in [-0.4, -0.2) is 25.2 Å². The van der Waals surface area contributed by atoms with Crippen LogP contribution in [0.3, 0.4) is 0 Å². The van der Waals surface area contributed by atoms with Gasteiger partial charge >= 0.3 is 0 Å². The Morgan fingerprint density at radius 1 is 1.33 bits per heavy atom. The molecule has 0 spiro atoms. The molecule has 100 valence electrons. The molecule has 1 rings (SSSR count). The molecular formula is C13H20N2O3. The summed E-state index contributed by atoms with van der Waals surface area (Å²) in [6.45, 7) is 5.40. The Labute approximate surface area is 107 Å². The quantitative estimate of drug-likeness (QED) is 0.565. The number of rotatable bonds is 7. The Morgan fingerprint density at radius 3 is 2.61 bits per heavy atom. The summed E-state index contributed by atoms with van der Waals surface area (Å²) in [6, 6.07) is 4.95. The molecule has 0 aliphatic rings. The molecule has 18 heavy (non-hydrogen) atoms. The van der Waals surface area contributed by atoms with Crippen LogP contribution in [0.15, 0.2) is 18.2 Å². The highest BCUT2D eigenvalue weighted by Crippen LogP contribution is 2.15. The van der Waals surface area contributed by atoms with Crippen molar-refractivity contribution < 1.29 is 14.3 Å². The minimum absolute atomic E-state index is 0.202. The van der Waals surface area contributed by atoms with E-state index in [0.29, 0.717) is 31.1 Å². The van der Waals surface area contributed by atoms with E-state index in [9.17, 15) is 4.79 Å². The van der Waals surface area contributed by atoms with Gasteiger partial charge in [0, 0.05) is 16.8 Å². The Morgan fingerprint density at radius 2 is 2.06 bits per heavy atom. The molecule has 4 N–H and O–H groups in total.